The van der Waals surface area contributed by atoms with Crippen molar-refractivity contribution in [2.45, 2.75) is 57.4 Å². The fraction of sp³-hybridized carbons (Fsp3) is 0.650. The first-order valence-corrected chi connectivity index (χ1v) is 11.3. The van der Waals surface area contributed by atoms with Gasteiger partial charge >= 0.3 is 0 Å². The molecule has 2 aliphatic rings. The van der Waals surface area contributed by atoms with Crippen molar-refractivity contribution in [3.63, 3.8) is 0 Å². The molecular formula is C20H31N3O3S. The number of carbonyl (C=O) groups is 1. The number of piperidine rings is 1. The summed E-state index contributed by atoms with van der Waals surface area (Å²) in [5.74, 6) is 0.435. The van der Waals surface area contributed by atoms with Gasteiger partial charge in [0.05, 0.1) is 4.90 Å². The van der Waals surface area contributed by atoms with Gasteiger partial charge in [0.15, 0.2) is 0 Å². The molecule has 2 heterocycles. The number of nitrogens with two attached hydrogens (primary N) is 1. The first kappa shape index (κ1) is 20.3. The summed E-state index contributed by atoms with van der Waals surface area (Å²) in [5.41, 5.74) is 7.80. The van der Waals surface area contributed by atoms with E-state index in [9.17, 15) is 13.2 Å². The fourth-order valence-corrected chi connectivity index (χ4v) is 5.89. The van der Waals surface area contributed by atoms with Crippen LogP contribution in [0.4, 0.5) is 0 Å². The van der Waals surface area contributed by atoms with Crippen LogP contribution in [-0.2, 0) is 10.0 Å². The van der Waals surface area contributed by atoms with Crippen LogP contribution in [0.5, 0.6) is 0 Å². The van der Waals surface area contributed by atoms with E-state index in [0.717, 1.165) is 36.8 Å². The molecule has 27 heavy (non-hydrogen) atoms. The second-order valence-corrected chi connectivity index (χ2v) is 9.94. The number of aryl methyl sites for hydroxylation is 1. The lowest BCUT2D eigenvalue weighted by atomic mass is 10.0. The van der Waals surface area contributed by atoms with Gasteiger partial charge in [0.25, 0.3) is 5.91 Å². The monoisotopic (exact) mass is 393 g/mol. The van der Waals surface area contributed by atoms with Crippen LogP contribution < -0.4 is 5.73 Å². The molecule has 1 amide bonds. The van der Waals surface area contributed by atoms with Crippen LogP contribution in [-0.4, -0.2) is 55.8 Å². The number of sulfonamides is 1. The molecular weight excluding hydrogens is 362 g/mol. The minimum atomic E-state index is -3.60. The fourth-order valence-electron chi connectivity index (χ4n) is 4.10. The molecule has 150 valence electrons. The summed E-state index contributed by atoms with van der Waals surface area (Å²) < 4.78 is 28.1. The van der Waals surface area contributed by atoms with Crippen molar-refractivity contribution in [2.75, 3.05) is 26.2 Å². The molecule has 6 nitrogen and oxygen atoms in total. The Hall–Kier alpha value is -1.44. The number of rotatable bonds is 4. The van der Waals surface area contributed by atoms with Crippen LogP contribution in [0.25, 0.3) is 0 Å². The van der Waals surface area contributed by atoms with Gasteiger partial charge in [0.2, 0.25) is 10.0 Å². The third-order valence-electron chi connectivity index (χ3n) is 6.14. The van der Waals surface area contributed by atoms with Crippen molar-refractivity contribution < 1.29 is 13.2 Å². The Morgan fingerprint density at radius 3 is 2.44 bits per heavy atom. The Balaban J connectivity index is 1.96. The standard InChI is InChI=1S/C20H31N3O3S/c1-14-6-9-22(10-7-14)27(25,26)19-12-17(11-15(2)16(19)3)20(24)23-8-4-5-18(23)13-21/h11-12,14,18H,4-10,13,21H2,1-3H3. The minimum absolute atomic E-state index is 0.0442. The highest BCUT2D eigenvalue weighted by Crippen LogP contribution is 2.29. The zero-order chi connectivity index (χ0) is 19.8. The lowest BCUT2D eigenvalue weighted by Gasteiger charge is -2.30. The second-order valence-electron chi connectivity index (χ2n) is 8.03. The van der Waals surface area contributed by atoms with Crippen LogP contribution in [0.3, 0.4) is 0 Å². The zero-order valence-corrected chi connectivity index (χ0v) is 17.4. The summed E-state index contributed by atoms with van der Waals surface area (Å²) in [4.78, 5) is 15.1. The van der Waals surface area contributed by atoms with Crippen LogP contribution in [0.1, 0.15) is 54.1 Å². The normalized spacial score (nSPS) is 22.4. The van der Waals surface area contributed by atoms with E-state index >= 15 is 0 Å². The van der Waals surface area contributed by atoms with Crippen LogP contribution >= 0.6 is 0 Å². The average molecular weight is 394 g/mol. The van der Waals surface area contributed by atoms with Gasteiger partial charge < -0.3 is 10.6 Å². The summed E-state index contributed by atoms with van der Waals surface area (Å²) in [6.45, 7) is 8.05. The molecule has 2 saturated heterocycles. The van der Waals surface area contributed by atoms with E-state index in [1.54, 1.807) is 21.3 Å². The second kappa shape index (κ2) is 7.89. The molecule has 2 fully saturated rings. The summed E-state index contributed by atoms with van der Waals surface area (Å²) in [7, 11) is -3.60. The third kappa shape index (κ3) is 3.91. The first-order valence-electron chi connectivity index (χ1n) is 9.88. The van der Waals surface area contributed by atoms with Crippen LogP contribution in [0, 0.1) is 19.8 Å². The average Bonchev–Trinajstić information content (AvgIpc) is 3.12. The molecule has 1 aromatic rings. The van der Waals surface area contributed by atoms with Crippen LogP contribution in [0.15, 0.2) is 17.0 Å². The predicted molar refractivity (Wildman–Crippen MR) is 106 cm³/mol. The summed E-state index contributed by atoms with van der Waals surface area (Å²) in [5, 5.41) is 0. The smallest absolute Gasteiger partial charge is 0.254 e. The highest BCUT2D eigenvalue weighted by molar-refractivity contribution is 7.89. The van der Waals surface area contributed by atoms with Gasteiger partial charge in [-0.3, -0.25) is 4.79 Å². The van der Waals surface area contributed by atoms with Gasteiger partial charge in [-0.1, -0.05) is 6.92 Å². The Morgan fingerprint density at radius 1 is 1.15 bits per heavy atom. The largest absolute Gasteiger partial charge is 0.334 e. The van der Waals surface area contributed by atoms with Crippen molar-refractivity contribution in [1.29, 1.82) is 0 Å². The number of likely N-dealkylation sites (tertiary alicyclic amines) is 1. The maximum absolute atomic E-state index is 13.3. The van der Waals surface area contributed by atoms with E-state index in [0.29, 0.717) is 37.7 Å². The Bertz CT molecular complexity index is 814. The molecule has 1 atom stereocenters. The number of hydrogen-bond acceptors (Lipinski definition) is 4. The molecule has 7 heteroatoms. The molecule has 0 aromatic heterocycles. The van der Waals surface area contributed by atoms with E-state index < -0.39 is 10.0 Å². The van der Waals surface area contributed by atoms with Crippen molar-refractivity contribution in [2.24, 2.45) is 11.7 Å². The Morgan fingerprint density at radius 2 is 1.81 bits per heavy atom. The molecule has 2 N–H and O–H groups in total. The molecule has 1 unspecified atom stereocenters. The molecule has 3 rings (SSSR count). The Kier molecular flexibility index (Phi) is 5.93. The quantitative estimate of drug-likeness (QED) is 0.851. The van der Waals surface area contributed by atoms with E-state index in [1.165, 1.54) is 0 Å². The van der Waals surface area contributed by atoms with E-state index in [4.69, 9.17) is 5.73 Å². The van der Waals surface area contributed by atoms with Gasteiger partial charge in [0, 0.05) is 37.8 Å². The number of benzene rings is 1. The third-order valence-corrected chi connectivity index (χ3v) is 8.16. The molecule has 0 aliphatic carbocycles. The lowest BCUT2D eigenvalue weighted by molar-refractivity contribution is 0.0741. The molecule has 0 radical (unpaired) electrons. The lowest BCUT2D eigenvalue weighted by Crippen LogP contribution is -2.40. The molecule has 0 bridgehead atoms. The molecule has 1 aromatic carbocycles. The van der Waals surface area contributed by atoms with Gasteiger partial charge in [-0.15, -0.1) is 0 Å². The summed E-state index contributed by atoms with van der Waals surface area (Å²) in [6.07, 6.45) is 3.60. The maximum Gasteiger partial charge on any atom is 0.254 e. The first-order chi connectivity index (χ1) is 12.8. The molecule has 0 spiro atoms. The number of carbonyl (C=O) groups excluding carboxylic acids is 1. The van der Waals surface area contributed by atoms with Crippen molar-refractivity contribution >= 4 is 15.9 Å². The van der Waals surface area contributed by atoms with Crippen molar-refractivity contribution in [3.05, 3.63) is 28.8 Å². The van der Waals surface area contributed by atoms with Gasteiger partial charge in [-0.05, 0) is 68.7 Å². The van der Waals surface area contributed by atoms with E-state index in [2.05, 4.69) is 6.92 Å². The minimum Gasteiger partial charge on any atom is -0.334 e. The number of hydrogen-bond donors (Lipinski definition) is 1. The maximum atomic E-state index is 13.3. The van der Waals surface area contributed by atoms with Crippen LogP contribution in [0.2, 0.25) is 0 Å². The van der Waals surface area contributed by atoms with E-state index in [-0.39, 0.29) is 16.8 Å². The van der Waals surface area contributed by atoms with Gasteiger partial charge in [-0.25, -0.2) is 8.42 Å². The highest BCUT2D eigenvalue weighted by Gasteiger charge is 2.32. The topological polar surface area (TPSA) is 83.7 Å². The number of amides is 1. The van der Waals surface area contributed by atoms with Gasteiger partial charge in [0.1, 0.15) is 0 Å². The predicted octanol–water partition coefficient (Wildman–Crippen LogP) is 2.29. The summed E-state index contributed by atoms with van der Waals surface area (Å²) >= 11 is 0. The number of nitrogens with zero attached hydrogens (tertiary/aromatic N) is 2. The van der Waals surface area contributed by atoms with Crippen molar-refractivity contribution in [3.8, 4) is 0 Å². The van der Waals surface area contributed by atoms with Crippen molar-refractivity contribution in [1.82, 2.24) is 9.21 Å². The van der Waals surface area contributed by atoms with E-state index in [1.807, 2.05) is 13.8 Å². The van der Waals surface area contributed by atoms with Gasteiger partial charge in [-0.2, -0.15) is 4.31 Å². The SMILES string of the molecule is Cc1cc(C(=O)N2CCCC2CN)cc(S(=O)(=O)N2CCC(C)CC2)c1C. The highest BCUT2D eigenvalue weighted by atomic mass is 32.2. The molecule has 2 aliphatic heterocycles. The molecule has 0 saturated carbocycles. The Labute approximate surface area is 162 Å². The summed E-state index contributed by atoms with van der Waals surface area (Å²) in [6, 6.07) is 3.42. The zero-order valence-electron chi connectivity index (χ0n) is 16.6.